The molecule has 0 saturated carbocycles. The van der Waals surface area contributed by atoms with Gasteiger partial charge in [-0.3, -0.25) is 0 Å². The number of ether oxygens (including phenoxy) is 1. The van der Waals surface area contributed by atoms with Crippen molar-refractivity contribution in [2.75, 3.05) is 7.11 Å². The van der Waals surface area contributed by atoms with E-state index in [-0.39, 0.29) is 0 Å². The molecule has 0 aromatic carbocycles. The van der Waals surface area contributed by atoms with Crippen LogP contribution in [-0.4, -0.2) is 7.11 Å². The molecule has 0 radical (unpaired) electrons. The van der Waals surface area contributed by atoms with Crippen molar-refractivity contribution >= 4 is 0 Å². The minimum Gasteiger partial charge on any atom is -0.480 e. The number of allylic oxidation sites excluding steroid dienone is 5. The van der Waals surface area contributed by atoms with E-state index in [1.54, 1.807) is 7.11 Å². The maximum Gasteiger partial charge on any atom is 0.204 e. The molecule has 0 unspecified atom stereocenters. The van der Waals surface area contributed by atoms with Crippen molar-refractivity contribution in [2.45, 2.75) is 6.92 Å². The molecule has 0 spiro atoms. The minimum absolute atomic E-state index is 0.913. The molecule has 52 valence electrons. The third kappa shape index (κ3) is 1.44. The molecule has 1 aliphatic rings. The molecule has 0 heterocycles. The fourth-order valence-electron chi connectivity index (χ4n) is 0.821. The largest absolute Gasteiger partial charge is 0.480 e. The summed E-state index contributed by atoms with van der Waals surface area (Å²) in [4.78, 5) is 0. The Morgan fingerprint density at radius 3 is 3.00 bits per heavy atom. The molecule has 0 atom stereocenters. The van der Waals surface area contributed by atoms with Gasteiger partial charge in [0.2, 0.25) is 5.76 Å². The van der Waals surface area contributed by atoms with Gasteiger partial charge in [0.15, 0.2) is 0 Å². The molecule has 10 heavy (non-hydrogen) atoms. The molecule has 0 saturated heterocycles. The molecule has 0 aromatic rings. The van der Waals surface area contributed by atoms with Gasteiger partial charge < -0.3 is 4.74 Å². The van der Waals surface area contributed by atoms with E-state index in [4.69, 9.17) is 4.74 Å². The molecular formula is C9H11O+. The van der Waals surface area contributed by atoms with E-state index in [1.165, 1.54) is 5.57 Å². The highest BCUT2D eigenvalue weighted by atomic mass is 16.5. The van der Waals surface area contributed by atoms with E-state index >= 15 is 0 Å². The summed E-state index contributed by atoms with van der Waals surface area (Å²) in [5.41, 5.74) is 1.19. The van der Waals surface area contributed by atoms with Gasteiger partial charge in [0, 0.05) is 12.5 Å². The Labute approximate surface area is 61.7 Å². The van der Waals surface area contributed by atoms with Crippen LogP contribution >= 0.6 is 0 Å². The standard InChI is InChI=1S/C9H11O/c1-3-8-5-4-6-9(7-8)10-2/h3-7H,1-2H3/q+1/b8-3+. The van der Waals surface area contributed by atoms with Gasteiger partial charge in [0.1, 0.15) is 0 Å². The summed E-state index contributed by atoms with van der Waals surface area (Å²) in [6.45, 7) is 2.01. The van der Waals surface area contributed by atoms with E-state index in [1.807, 2.05) is 37.6 Å². The highest BCUT2D eigenvalue weighted by Crippen LogP contribution is 2.14. The van der Waals surface area contributed by atoms with Gasteiger partial charge in [-0.1, -0.05) is 0 Å². The lowest BCUT2D eigenvalue weighted by Gasteiger charge is -1.99. The third-order valence-corrected chi connectivity index (χ3v) is 1.43. The topological polar surface area (TPSA) is 9.23 Å². The number of hydrogen-bond acceptors (Lipinski definition) is 1. The lowest BCUT2D eigenvalue weighted by molar-refractivity contribution is 0.306. The summed E-state index contributed by atoms with van der Waals surface area (Å²) in [6, 6.07) is 0. The number of rotatable bonds is 1. The van der Waals surface area contributed by atoms with Gasteiger partial charge >= 0.3 is 0 Å². The molecule has 1 nitrogen and oxygen atoms in total. The predicted molar refractivity (Wildman–Crippen MR) is 42.3 cm³/mol. The van der Waals surface area contributed by atoms with Gasteiger partial charge in [0.05, 0.1) is 24.8 Å². The SMILES string of the molecule is C/C=C1/C=C(OC)C=C[CH+]1. The molecule has 0 bridgehead atoms. The van der Waals surface area contributed by atoms with Crippen LogP contribution in [0.15, 0.2) is 35.6 Å². The van der Waals surface area contributed by atoms with Crippen LogP contribution < -0.4 is 0 Å². The zero-order chi connectivity index (χ0) is 7.40. The van der Waals surface area contributed by atoms with E-state index < -0.39 is 0 Å². The quantitative estimate of drug-likeness (QED) is 0.501. The lowest BCUT2D eigenvalue weighted by atomic mass is 10.1. The van der Waals surface area contributed by atoms with E-state index in [9.17, 15) is 0 Å². The van der Waals surface area contributed by atoms with Gasteiger partial charge in [-0.15, -0.1) is 0 Å². The summed E-state index contributed by atoms with van der Waals surface area (Å²) < 4.78 is 5.04. The van der Waals surface area contributed by atoms with Gasteiger partial charge in [-0.05, 0) is 13.0 Å². The van der Waals surface area contributed by atoms with Crippen molar-refractivity contribution in [2.24, 2.45) is 0 Å². The maximum atomic E-state index is 5.04. The normalized spacial score (nSPS) is 20.2. The van der Waals surface area contributed by atoms with E-state index in [0.29, 0.717) is 0 Å². The fraction of sp³-hybridized carbons (Fsp3) is 0.222. The van der Waals surface area contributed by atoms with Crippen LogP contribution in [-0.2, 0) is 4.74 Å². The first-order valence-corrected chi connectivity index (χ1v) is 3.30. The second-order valence-electron chi connectivity index (χ2n) is 2.07. The highest BCUT2D eigenvalue weighted by Gasteiger charge is 2.07. The lowest BCUT2D eigenvalue weighted by Crippen LogP contribution is -1.90. The van der Waals surface area contributed by atoms with Crippen molar-refractivity contribution in [1.82, 2.24) is 0 Å². The van der Waals surface area contributed by atoms with Crippen LogP contribution in [0.2, 0.25) is 0 Å². The molecule has 0 N–H and O–H groups in total. The Morgan fingerprint density at radius 1 is 1.60 bits per heavy atom. The third-order valence-electron chi connectivity index (χ3n) is 1.43. The zero-order valence-corrected chi connectivity index (χ0v) is 6.29. The predicted octanol–water partition coefficient (Wildman–Crippen LogP) is 2.24. The van der Waals surface area contributed by atoms with Gasteiger partial charge in [0.25, 0.3) is 0 Å². The molecule has 0 fully saturated rings. The first-order valence-electron chi connectivity index (χ1n) is 3.30. The summed E-state index contributed by atoms with van der Waals surface area (Å²) in [7, 11) is 1.68. The molecule has 0 aliphatic heterocycles. The van der Waals surface area contributed by atoms with E-state index in [2.05, 4.69) is 0 Å². The fourth-order valence-corrected chi connectivity index (χ4v) is 0.821. The van der Waals surface area contributed by atoms with E-state index in [0.717, 1.165) is 5.76 Å². The second kappa shape index (κ2) is 3.16. The van der Waals surface area contributed by atoms with Crippen molar-refractivity contribution < 1.29 is 4.74 Å². The monoisotopic (exact) mass is 135 g/mol. The van der Waals surface area contributed by atoms with Crippen LogP contribution in [0.25, 0.3) is 0 Å². The van der Waals surface area contributed by atoms with Gasteiger partial charge in [-0.2, -0.15) is 0 Å². The summed E-state index contributed by atoms with van der Waals surface area (Å²) in [6.07, 6.45) is 10.0. The van der Waals surface area contributed by atoms with Crippen LogP contribution in [0, 0.1) is 6.42 Å². The van der Waals surface area contributed by atoms with Crippen molar-refractivity contribution in [3.8, 4) is 0 Å². The summed E-state index contributed by atoms with van der Waals surface area (Å²) in [5, 5.41) is 0. The number of hydrogen-bond donors (Lipinski definition) is 0. The molecular weight excluding hydrogens is 124 g/mol. The van der Waals surface area contributed by atoms with Crippen molar-refractivity contribution in [1.29, 1.82) is 0 Å². The Hall–Kier alpha value is -1.11. The minimum atomic E-state index is 0.913. The smallest absolute Gasteiger partial charge is 0.204 e. The zero-order valence-electron chi connectivity index (χ0n) is 6.29. The molecule has 1 aliphatic carbocycles. The Balaban J connectivity index is 2.74. The maximum absolute atomic E-state index is 5.04. The average Bonchev–Trinajstić information content (AvgIpc) is 2.05. The van der Waals surface area contributed by atoms with Gasteiger partial charge in [-0.25, -0.2) is 0 Å². The summed E-state index contributed by atoms with van der Waals surface area (Å²) in [5.74, 6) is 0.913. The molecule has 0 amide bonds. The van der Waals surface area contributed by atoms with Crippen LogP contribution in [0.3, 0.4) is 0 Å². The molecule has 1 heteroatoms. The van der Waals surface area contributed by atoms with Crippen LogP contribution in [0.5, 0.6) is 0 Å². The second-order valence-corrected chi connectivity index (χ2v) is 2.07. The summed E-state index contributed by atoms with van der Waals surface area (Å²) >= 11 is 0. The first kappa shape index (κ1) is 7.00. The number of methoxy groups -OCH3 is 1. The average molecular weight is 135 g/mol. The van der Waals surface area contributed by atoms with Crippen LogP contribution in [0.1, 0.15) is 6.92 Å². The molecule has 0 aromatic heterocycles. The highest BCUT2D eigenvalue weighted by molar-refractivity contribution is 5.40. The Morgan fingerprint density at radius 2 is 2.40 bits per heavy atom. The first-order chi connectivity index (χ1) is 4.86. The molecule has 1 rings (SSSR count). The van der Waals surface area contributed by atoms with Crippen molar-refractivity contribution in [3.05, 3.63) is 42.1 Å². The Bertz CT molecular complexity index is 197. The van der Waals surface area contributed by atoms with Crippen molar-refractivity contribution in [3.63, 3.8) is 0 Å². The van der Waals surface area contributed by atoms with Crippen LogP contribution in [0.4, 0.5) is 0 Å². The Kier molecular flexibility index (Phi) is 2.21.